The lowest BCUT2D eigenvalue weighted by atomic mass is 10.0. The first-order chi connectivity index (χ1) is 13.6. The lowest BCUT2D eigenvalue weighted by Crippen LogP contribution is -2.48. The molecule has 1 aromatic carbocycles. The van der Waals surface area contributed by atoms with Gasteiger partial charge >= 0.3 is 6.09 Å². The highest BCUT2D eigenvalue weighted by molar-refractivity contribution is 7.85. The van der Waals surface area contributed by atoms with Crippen LogP contribution in [0.4, 0.5) is 10.5 Å². The predicted octanol–water partition coefficient (Wildman–Crippen LogP) is 3.44. The van der Waals surface area contributed by atoms with Gasteiger partial charge < -0.3 is 9.64 Å². The van der Waals surface area contributed by atoms with Crippen LogP contribution in [-0.4, -0.2) is 54.0 Å². The number of aromatic nitrogens is 2. The van der Waals surface area contributed by atoms with Gasteiger partial charge in [-0.25, -0.2) is 9.78 Å². The molecule has 0 aliphatic carbocycles. The summed E-state index contributed by atoms with van der Waals surface area (Å²) < 4.78 is 18.4. The van der Waals surface area contributed by atoms with Crippen LogP contribution >= 0.6 is 0 Å². The zero-order valence-electron chi connectivity index (χ0n) is 16.7. The molecule has 1 aliphatic rings. The molecule has 2 unspecified atom stereocenters. The van der Waals surface area contributed by atoms with Gasteiger partial charge in [-0.2, -0.15) is 0 Å². The van der Waals surface area contributed by atoms with E-state index in [1.807, 2.05) is 20.8 Å². The van der Waals surface area contributed by atoms with Crippen LogP contribution in [-0.2, 0) is 15.5 Å². The van der Waals surface area contributed by atoms with Crippen LogP contribution < -0.4 is 0 Å². The zero-order chi connectivity index (χ0) is 21.2. The Labute approximate surface area is 171 Å². The van der Waals surface area contributed by atoms with E-state index < -0.39 is 27.4 Å². The zero-order valence-corrected chi connectivity index (χ0v) is 17.5. The molecule has 1 amide bonds. The van der Waals surface area contributed by atoms with Crippen molar-refractivity contribution in [2.75, 3.05) is 12.3 Å². The molecule has 0 bridgehead atoms. The highest BCUT2D eigenvalue weighted by atomic mass is 32.2. The van der Waals surface area contributed by atoms with Crippen LogP contribution in [0.25, 0.3) is 11.0 Å². The molecule has 156 valence electrons. The number of amides is 1. The molecule has 10 heteroatoms. The molecule has 9 nitrogen and oxygen atoms in total. The van der Waals surface area contributed by atoms with Crippen molar-refractivity contribution in [2.24, 2.45) is 0 Å². The van der Waals surface area contributed by atoms with E-state index in [-0.39, 0.29) is 17.5 Å². The SMILES string of the molecule is CC(C)(C)OC(=O)N1CCCCC1CS(=O)c1cnc2cc([N+](=O)[O-])ccc2n1. The largest absolute Gasteiger partial charge is 0.444 e. The summed E-state index contributed by atoms with van der Waals surface area (Å²) in [6, 6.07) is 3.97. The minimum Gasteiger partial charge on any atom is -0.444 e. The van der Waals surface area contributed by atoms with E-state index in [9.17, 15) is 19.1 Å². The van der Waals surface area contributed by atoms with Crippen molar-refractivity contribution in [3.63, 3.8) is 0 Å². The molecule has 1 saturated heterocycles. The summed E-state index contributed by atoms with van der Waals surface area (Å²) in [5.74, 6) is 0.242. The first-order valence-corrected chi connectivity index (χ1v) is 10.7. The van der Waals surface area contributed by atoms with E-state index in [1.165, 1.54) is 24.4 Å². The maximum atomic E-state index is 12.9. The fourth-order valence-corrected chi connectivity index (χ4v) is 4.44. The van der Waals surface area contributed by atoms with Gasteiger partial charge in [0.15, 0.2) is 0 Å². The van der Waals surface area contributed by atoms with E-state index in [1.54, 1.807) is 4.90 Å². The van der Waals surface area contributed by atoms with Gasteiger partial charge in [-0.05, 0) is 46.1 Å². The van der Waals surface area contributed by atoms with Crippen molar-refractivity contribution in [3.8, 4) is 0 Å². The minimum absolute atomic E-state index is 0.0733. The Morgan fingerprint density at radius 3 is 2.79 bits per heavy atom. The molecule has 0 saturated carbocycles. The quantitative estimate of drug-likeness (QED) is 0.549. The Hall–Kier alpha value is -2.62. The summed E-state index contributed by atoms with van der Waals surface area (Å²) in [6.45, 7) is 6.02. The van der Waals surface area contributed by atoms with E-state index in [4.69, 9.17) is 4.74 Å². The lowest BCUT2D eigenvalue weighted by Gasteiger charge is -2.36. The third-order valence-corrected chi connectivity index (χ3v) is 5.90. The topological polar surface area (TPSA) is 116 Å². The Morgan fingerprint density at radius 2 is 2.10 bits per heavy atom. The number of nitrogens with zero attached hydrogens (tertiary/aromatic N) is 4. The molecule has 1 aliphatic heterocycles. The summed E-state index contributed by atoms with van der Waals surface area (Å²) >= 11 is 0. The Kier molecular flexibility index (Phi) is 6.11. The van der Waals surface area contributed by atoms with Gasteiger partial charge in [0.1, 0.15) is 10.6 Å². The van der Waals surface area contributed by atoms with Crippen LogP contribution in [0, 0.1) is 10.1 Å². The third kappa shape index (κ3) is 5.26. The monoisotopic (exact) mass is 420 g/mol. The standard InChI is InChI=1S/C19H24N4O5S/c1-19(2,3)28-18(24)22-9-5-4-6-14(22)12-29(27)17-11-20-16-10-13(23(25)26)7-8-15(16)21-17/h7-8,10-11,14H,4-6,9,12H2,1-3H3. The van der Waals surface area contributed by atoms with Crippen molar-refractivity contribution in [3.05, 3.63) is 34.5 Å². The molecular weight excluding hydrogens is 396 g/mol. The Balaban J connectivity index is 1.76. The van der Waals surface area contributed by atoms with Crippen molar-refractivity contribution < 1.29 is 18.7 Å². The van der Waals surface area contributed by atoms with Crippen molar-refractivity contribution in [1.29, 1.82) is 0 Å². The number of likely N-dealkylation sites (tertiary alicyclic amines) is 1. The molecular formula is C19H24N4O5S. The van der Waals surface area contributed by atoms with E-state index in [2.05, 4.69) is 9.97 Å². The van der Waals surface area contributed by atoms with Crippen LogP contribution in [0.1, 0.15) is 40.0 Å². The fraction of sp³-hybridized carbons (Fsp3) is 0.526. The summed E-state index contributed by atoms with van der Waals surface area (Å²) in [7, 11) is -1.47. The van der Waals surface area contributed by atoms with Gasteiger partial charge in [0, 0.05) is 24.7 Å². The highest BCUT2D eigenvalue weighted by Crippen LogP contribution is 2.23. The van der Waals surface area contributed by atoms with Crippen LogP contribution in [0.5, 0.6) is 0 Å². The van der Waals surface area contributed by atoms with Crippen molar-refractivity contribution >= 4 is 33.6 Å². The highest BCUT2D eigenvalue weighted by Gasteiger charge is 2.32. The number of hydrogen-bond donors (Lipinski definition) is 0. The smallest absolute Gasteiger partial charge is 0.410 e. The van der Waals surface area contributed by atoms with Gasteiger partial charge in [0.25, 0.3) is 5.69 Å². The number of piperidine rings is 1. The lowest BCUT2D eigenvalue weighted by molar-refractivity contribution is -0.384. The van der Waals surface area contributed by atoms with Gasteiger partial charge in [-0.1, -0.05) is 0 Å². The summed E-state index contributed by atoms with van der Waals surface area (Å²) in [4.78, 5) is 33.1. The second kappa shape index (κ2) is 8.40. The number of benzene rings is 1. The maximum absolute atomic E-state index is 12.9. The van der Waals surface area contributed by atoms with Gasteiger partial charge in [-0.15, -0.1) is 0 Å². The number of nitro benzene ring substituents is 1. The number of carbonyl (C=O) groups excluding carboxylic acids is 1. The van der Waals surface area contributed by atoms with Gasteiger partial charge in [0.2, 0.25) is 0 Å². The Bertz CT molecular complexity index is 959. The number of fused-ring (bicyclic) bond motifs is 1. The molecule has 0 N–H and O–H groups in total. The number of hydrogen-bond acceptors (Lipinski definition) is 7. The molecule has 2 aromatic rings. The second-order valence-electron chi connectivity index (χ2n) is 7.97. The molecule has 1 fully saturated rings. The van der Waals surface area contributed by atoms with Crippen LogP contribution in [0.3, 0.4) is 0 Å². The maximum Gasteiger partial charge on any atom is 0.410 e. The van der Waals surface area contributed by atoms with Crippen molar-refractivity contribution in [1.82, 2.24) is 14.9 Å². The molecule has 29 heavy (non-hydrogen) atoms. The molecule has 0 spiro atoms. The fourth-order valence-electron chi connectivity index (χ4n) is 3.20. The first-order valence-electron chi connectivity index (χ1n) is 9.43. The van der Waals surface area contributed by atoms with E-state index in [0.29, 0.717) is 22.6 Å². The number of non-ortho nitro benzene ring substituents is 1. The number of carbonyl (C=O) groups is 1. The number of nitro groups is 1. The molecule has 0 radical (unpaired) electrons. The third-order valence-electron chi connectivity index (χ3n) is 4.55. The van der Waals surface area contributed by atoms with Gasteiger partial charge in [0.05, 0.1) is 38.7 Å². The normalized spacial score (nSPS) is 18.4. The predicted molar refractivity (Wildman–Crippen MR) is 108 cm³/mol. The average Bonchev–Trinajstić information content (AvgIpc) is 2.66. The van der Waals surface area contributed by atoms with Crippen molar-refractivity contribution in [2.45, 2.75) is 56.7 Å². The van der Waals surface area contributed by atoms with Gasteiger partial charge in [-0.3, -0.25) is 19.3 Å². The average molecular weight is 420 g/mol. The summed E-state index contributed by atoms with van der Waals surface area (Å²) in [5, 5.41) is 11.2. The van der Waals surface area contributed by atoms with Crippen LogP contribution in [0.2, 0.25) is 0 Å². The summed E-state index contributed by atoms with van der Waals surface area (Å²) in [6.07, 6.45) is 3.57. The molecule has 2 atom stereocenters. The van der Waals surface area contributed by atoms with E-state index in [0.717, 1.165) is 19.3 Å². The molecule has 3 rings (SSSR count). The van der Waals surface area contributed by atoms with Crippen LogP contribution in [0.15, 0.2) is 29.4 Å². The molecule has 1 aromatic heterocycles. The Morgan fingerprint density at radius 1 is 1.34 bits per heavy atom. The second-order valence-corrected chi connectivity index (χ2v) is 9.42. The summed E-state index contributed by atoms with van der Waals surface area (Å²) in [5.41, 5.74) is 0.142. The minimum atomic E-state index is -1.47. The molecule has 2 heterocycles. The number of rotatable bonds is 4. The van der Waals surface area contributed by atoms with E-state index >= 15 is 0 Å². The first kappa shape index (κ1) is 21.1. The number of ether oxygens (including phenoxy) is 1.